The molecular formula is C40H47F4N5O8. The van der Waals surface area contributed by atoms with Crippen LogP contribution in [0.3, 0.4) is 0 Å². The van der Waals surface area contributed by atoms with E-state index in [9.17, 15) is 41.5 Å². The minimum absolute atomic E-state index is 0.0184. The van der Waals surface area contributed by atoms with E-state index in [1.807, 2.05) is 12.2 Å². The van der Waals surface area contributed by atoms with E-state index in [1.165, 1.54) is 28.0 Å². The fourth-order valence-corrected chi connectivity index (χ4v) is 7.41. The molecule has 0 aromatic heterocycles. The minimum Gasteiger partial charge on any atom is -0.444 e. The molecule has 4 aliphatic rings. The molecule has 2 fully saturated rings. The van der Waals surface area contributed by atoms with Crippen LogP contribution < -0.4 is 16.1 Å². The van der Waals surface area contributed by atoms with Crippen molar-refractivity contribution >= 4 is 29.9 Å². The number of hydrogen-bond donors (Lipinski definition) is 3. The van der Waals surface area contributed by atoms with E-state index >= 15 is 0 Å². The number of benzene rings is 2. The second-order valence-corrected chi connectivity index (χ2v) is 15.9. The molecule has 13 nitrogen and oxygen atoms in total. The standard InChI is InChI=1S/C40H47F4N5O8/c1-38(2,3)57-36(53)45-31-13-8-6-4-5-7-11-27-19-39(27,35(52)47-55-23-24-14-16-26(17-15-24)40(42,43)44)46-33(50)32-18-28(21-49(32)34(31)51)56-37(54)48-20-25-10-9-12-30(41)29(25)22-48/h7,9-12,14-17,27-28,31-32H,4-6,8,13,18-23H2,1-3H3,(H,45,53)(H,46,50)(H,47,52)/b11-7-/t27-,28+,31-,32-,39+/m0/s1. The maximum absolute atomic E-state index is 14.4. The van der Waals surface area contributed by atoms with Gasteiger partial charge in [-0.25, -0.2) is 19.5 Å². The van der Waals surface area contributed by atoms with Crippen molar-refractivity contribution in [2.75, 3.05) is 6.54 Å². The predicted molar refractivity (Wildman–Crippen MR) is 195 cm³/mol. The maximum Gasteiger partial charge on any atom is 0.416 e. The first kappa shape index (κ1) is 41.4. The highest BCUT2D eigenvalue weighted by Crippen LogP contribution is 2.45. The van der Waals surface area contributed by atoms with Crippen LogP contribution >= 0.6 is 0 Å². The van der Waals surface area contributed by atoms with E-state index in [0.29, 0.717) is 36.0 Å². The van der Waals surface area contributed by atoms with Crippen LogP contribution in [0.15, 0.2) is 54.6 Å². The Kier molecular flexibility index (Phi) is 12.2. The molecular weight excluding hydrogens is 754 g/mol. The zero-order chi connectivity index (χ0) is 41.1. The average Bonchev–Trinajstić information content (AvgIpc) is 3.42. The van der Waals surface area contributed by atoms with Crippen molar-refractivity contribution in [2.45, 2.75) is 121 Å². The molecule has 1 saturated heterocycles. The number of hydrogen-bond acceptors (Lipinski definition) is 8. The number of nitrogens with one attached hydrogen (secondary N) is 3. The van der Waals surface area contributed by atoms with Gasteiger partial charge >= 0.3 is 18.4 Å². The minimum atomic E-state index is -4.51. The van der Waals surface area contributed by atoms with E-state index < -0.39 is 82.7 Å². The van der Waals surface area contributed by atoms with Crippen LogP contribution in [-0.2, 0) is 54.6 Å². The molecule has 1 saturated carbocycles. The summed E-state index contributed by atoms with van der Waals surface area (Å²) in [4.78, 5) is 76.6. The number of allylic oxidation sites excluding steroid dienone is 1. The summed E-state index contributed by atoms with van der Waals surface area (Å²) in [5, 5.41) is 5.49. The van der Waals surface area contributed by atoms with Crippen LogP contribution in [-0.4, -0.2) is 75.6 Å². The average molecular weight is 802 g/mol. The van der Waals surface area contributed by atoms with Crippen molar-refractivity contribution < 1.29 is 55.8 Å². The molecule has 17 heteroatoms. The van der Waals surface area contributed by atoms with Gasteiger partial charge in [0.2, 0.25) is 11.8 Å². The number of nitrogens with zero attached hydrogens (tertiary/aromatic N) is 2. The zero-order valence-corrected chi connectivity index (χ0v) is 32.0. The highest BCUT2D eigenvalue weighted by atomic mass is 19.4. The van der Waals surface area contributed by atoms with Crippen LogP contribution in [0.4, 0.5) is 27.2 Å². The third-order valence-electron chi connectivity index (χ3n) is 10.5. The molecule has 3 aliphatic heterocycles. The molecule has 1 aliphatic carbocycles. The number of halogens is 4. The van der Waals surface area contributed by atoms with Gasteiger partial charge in [0.1, 0.15) is 35.1 Å². The number of rotatable bonds is 6. The lowest BCUT2D eigenvalue weighted by molar-refractivity contribution is -0.144. The van der Waals surface area contributed by atoms with Gasteiger partial charge in [-0.3, -0.25) is 24.1 Å². The Balaban J connectivity index is 1.20. The van der Waals surface area contributed by atoms with Crippen molar-refractivity contribution in [3.63, 3.8) is 0 Å². The van der Waals surface area contributed by atoms with E-state index in [4.69, 9.17) is 14.3 Å². The molecule has 2 aromatic carbocycles. The fourth-order valence-electron chi connectivity index (χ4n) is 7.41. The Bertz CT molecular complexity index is 1880. The lowest BCUT2D eigenvalue weighted by atomic mass is 10.0. The van der Waals surface area contributed by atoms with E-state index in [1.54, 1.807) is 32.9 Å². The molecule has 5 amide bonds. The summed E-state index contributed by atoms with van der Waals surface area (Å²) in [6, 6.07) is 6.49. The van der Waals surface area contributed by atoms with Gasteiger partial charge in [0.25, 0.3) is 5.91 Å². The zero-order valence-electron chi connectivity index (χ0n) is 32.0. The first-order valence-electron chi connectivity index (χ1n) is 19.0. The lowest BCUT2D eigenvalue weighted by Crippen LogP contribution is -2.58. The summed E-state index contributed by atoms with van der Waals surface area (Å²) < 4.78 is 64.7. The topological polar surface area (TPSA) is 156 Å². The predicted octanol–water partition coefficient (Wildman–Crippen LogP) is 5.80. The molecule has 3 N–H and O–H groups in total. The largest absolute Gasteiger partial charge is 0.444 e. The SMILES string of the molecule is CC(C)(C)OC(=O)N[C@H]1CCCCC/C=C\[C@H]2C[C@@]2(C(=O)NOCc2ccc(C(F)(F)F)cc2)NC(=O)[C@@H]2C[C@@H](OC(=O)N3Cc4cccc(F)c4C3)CN2C1=O. The van der Waals surface area contributed by atoms with Crippen LogP contribution in [0, 0.1) is 11.7 Å². The Morgan fingerprint density at radius 2 is 1.75 bits per heavy atom. The quantitative estimate of drug-likeness (QED) is 0.188. The molecule has 0 spiro atoms. The molecule has 3 heterocycles. The molecule has 6 rings (SSSR count). The number of alkyl halides is 3. The Labute approximate surface area is 327 Å². The first-order chi connectivity index (χ1) is 26.9. The summed E-state index contributed by atoms with van der Waals surface area (Å²) in [6.07, 6.45) is -0.369. The lowest BCUT2D eigenvalue weighted by Gasteiger charge is -2.30. The summed E-state index contributed by atoms with van der Waals surface area (Å²) in [5.74, 6) is -2.91. The summed E-state index contributed by atoms with van der Waals surface area (Å²) in [6.45, 7) is 4.68. The van der Waals surface area contributed by atoms with Crippen LogP contribution in [0.5, 0.6) is 0 Å². The number of carbonyl (C=O) groups is 5. The number of alkyl carbamates (subject to hydrolysis) is 1. The first-order valence-corrected chi connectivity index (χ1v) is 19.0. The second kappa shape index (κ2) is 16.7. The van der Waals surface area contributed by atoms with E-state index in [-0.39, 0.29) is 45.5 Å². The Morgan fingerprint density at radius 1 is 1.00 bits per heavy atom. The van der Waals surface area contributed by atoms with E-state index in [2.05, 4.69) is 16.1 Å². The summed E-state index contributed by atoms with van der Waals surface area (Å²) in [5.41, 5.74) is 0.522. The highest BCUT2D eigenvalue weighted by Gasteiger charge is 2.61. The highest BCUT2D eigenvalue weighted by molar-refractivity contribution is 5.98. The van der Waals surface area contributed by atoms with Crippen molar-refractivity contribution in [1.82, 2.24) is 25.9 Å². The number of fused-ring (bicyclic) bond motifs is 3. The molecule has 0 radical (unpaired) electrons. The smallest absolute Gasteiger partial charge is 0.416 e. The van der Waals surface area contributed by atoms with Crippen molar-refractivity contribution in [1.29, 1.82) is 0 Å². The number of ether oxygens (including phenoxy) is 2. The Morgan fingerprint density at radius 3 is 2.46 bits per heavy atom. The molecule has 0 bridgehead atoms. The van der Waals surface area contributed by atoms with Gasteiger partial charge in [-0.15, -0.1) is 0 Å². The van der Waals surface area contributed by atoms with E-state index in [0.717, 1.165) is 18.6 Å². The third-order valence-corrected chi connectivity index (χ3v) is 10.5. The monoisotopic (exact) mass is 801 g/mol. The molecule has 0 unspecified atom stereocenters. The Hall–Kier alpha value is -5.19. The molecule has 2 aromatic rings. The van der Waals surface area contributed by atoms with Crippen LogP contribution in [0.2, 0.25) is 0 Å². The van der Waals surface area contributed by atoms with Gasteiger partial charge in [-0.05, 0) is 75.8 Å². The number of amides is 5. The van der Waals surface area contributed by atoms with Crippen molar-refractivity contribution in [2.24, 2.45) is 5.92 Å². The van der Waals surface area contributed by atoms with Gasteiger partial charge < -0.3 is 25.0 Å². The third kappa shape index (κ3) is 10.0. The van der Waals surface area contributed by atoms with Crippen LogP contribution in [0.25, 0.3) is 0 Å². The second-order valence-electron chi connectivity index (χ2n) is 15.9. The van der Waals surface area contributed by atoms with Gasteiger partial charge in [-0.1, -0.05) is 49.3 Å². The molecule has 57 heavy (non-hydrogen) atoms. The number of hydroxylamine groups is 1. The van der Waals surface area contributed by atoms with Crippen molar-refractivity contribution in [3.05, 3.63) is 82.7 Å². The molecule has 308 valence electrons. The molecule has 5 atom stereocenters. The van der Waals surface area contributed by atoms with Crippen LogP contribution in [0.1, 0.15) is 88.0 Å². The summed E-state index contributed by atoms with van der Waals surface area (Å²) >= 11 is 0. The fraction of sp³-hybridized carbons (Fsp3) is 0.525. The summed E-state index contributed by atoms with van der Waals surface area (Å²) in [7, 11) is 0. The number of carbonyl (C=O) groups excluding carboxylic acids is 5. The van der Waals surface area contributed by atoms with Gasteiger partial charge in [0, 0.05) is 24.4 Å². The normalized spacial score (nSPS) is 25.8. The van der Waals surface area contributed by atoms with Gasteiger partial charge in [-0.2, -0.15) is 13.2 Å². The van der Waals surface area contributed by atoms with Gasteiger partial charge in [0.05, 0.1) is 25.3 Å². The maximum atomic E-state index is 14.4. The van der Waals surface area contributed by atoms with Crippen molar-refractivity contribution in [3.8, 4) is 0 Å². The van der Waals surface area contributed by atoms with Gasteiger partial charge in [0.15, 0.2) is 0 Å².